The molecule has 0 unspecified atom stereocenters. The molecule has 0 saturated carbocycles. The van der Waals surface area contributed by atoms with Gasteiger partial charge in [0.25, 0.3) is 5.91 Å². The van der Waals surface area contributed by atoms with Gasteiger partial charge in [-0.3, -0.25) is 14.5 Å². The summed E-state index contributed by atoms with van der Waals surface area (Å²) in [6, 6.07) is 23.3. The van der Waals surface area contributed by atoms with Gasteiger partial charge in [-0.05, 0) is 66.2 Å². The Balaban J connectivity index is 1.36. The highest BCUT2D eigenvalue weighted by atomic mass is 32.2. The Hall–Kier alpha value is -4.76. The van der Waals surface area contributed by atoms with Crippen molar-refractivity contribution in [3.05, 3.63) is 101 Å². The number of nitrogens with two attached hydrogens (primary N) is 1. The van der Waals surface area contributed by atoms with Crippen LogP contribution in [0.25, 0.3) is 27.9 Å². The number of aromatic amines is 1. The van der Waals surface area contributed by atoms with Crippen molar-refractivity contribution < 1.29 is 14.3 Å². The number of H-pyrrole nitrogens is 1. The molecule has 0 bridgehead atoms. The molecule has 3 aromatic carbocycles. The van der Waals surface area contributed by atoms with Crippen LogP contribution in [0.2, 0.25) is 0 Å². The van der Waals surface area contributed by atoms with Crippen LogP contribution in [0, 0.1) is 0 Å². The lowest BCUT2D eigenvalue weighted by molar-refractivity contribution is -0.122. The first-order chi connectivity index (χ1) is 19.5. The van der Waals surface area contributed by atoms with E-state index in [2.05, 4.69) is 11.1 Å². The van der Waals surface area contributed by atoms with Crippen molar-refractivity contribution >= 4 is 62.3 Å². The summed E-state index contributed by atoms with van der Waals surface area (Å²) in [5.41, 5.74) is 10.1. The second-order valence-corrected chi connectivity index (χ2v) is 10.5. The molecule has 3 N–H and O–H groups in total. The zero-order valence-corrected chi connectivity index (χ0v) is 22.7. The number of fused-ring (bicyclic) bond motifs is 2. The molecule has 0 atom stereocenters. The molecule has 6 rings (SSSR count). The molecule has 0 aliphatic carbocycles. The second-order valence-electron chi connectivity index (χ2n) is 9.47. The van der Waals surface area contributed by atoms with Crippen molar-refractivity contribution in [3.63, 3.8) is 0 Å². The molecule has 8 nitrogen and oxygen atoms in total. The average Bonchev–Trinajstić information content (AvgIpc) is 3.62. The van der Waals surface area contributed by atoms with E-state index >= 15 is 0 Å². The van der Waals surface area contributed by atoms with Gasteiger partial charge in [0.2, 0.25) is 5.91 Å². The highest BCUT2D eigenvalue weighted by Crippen LogP contribution is 2.36. The summed E-state index contributed by atoms with van der Waals surface area (Å²) in [5, 5.41) is 2.70. The summed E-state index contributed by atoms with van der Waals surface area (Å²) in [6.07, 6.45) is 6.42. The summed E-state index contributed by atoms with van der Waals surface area (Å²) < 4.78 is 7.09. The lowest BCUT2D eigenvalue weighted by atomic mass is 10.1. The van der Waals surface area contributed by atoms with Crippen molar-refractivity contribution in [1.82, 2.24) is 14.5 Å². The van der Waals surface area contributed by atoms with Gasteiger partial charge in [0.05, 0.1) is 17.7 Å². The number of thioether (sulfide) groups is 1. The Morgan fingerprint density at radius 3 is 2.58 bits per heavy atom. The number of para-hydroxylation sites is 2. The highest BCUT2D eigenvalue weighted by molar-refractivity contribution is 8.18. The molecule has 40 heavy (non-hydrogen) atoms. The monoisotopic (exact) mass is 549 g/mol. The maximum Gasteiger partial charge on any atom is 0.266 e. The molecular weight excluding hydrogens is 522 g/mol. The number of hydrogen-bond donors (Lipinski definition) is 2. The maximum atomic E-state index is 13.8. The van der Waals surface area contributed by atoms with Crippen LogP contribution < -0.4 is 10.5 Å². The first-order valence-corrected chi connectivity index (χ1v) is 13.7. The number of rotatable bonds is 8. The van der Waals surface area contributed by atoms with E-state index in [1.165, 1.54) is 11.8 Å². The van der Waals surface area contributed by atoms with Gasteiger partial charge in [0.15, 0.2) is 5.17 Å². The minimum Gasteiger partial charge on any atom is -0.497 e. The molecule has 200 valence electrons. The quantitative estimate of drug-likeness (QED) is 0.251. The summed E-state index contributed by atoms with van der Waals surface area (Å²) in [7, 11) is 1.62. The van der Waals surface area contributed by atoms with Crippen LogP contribution in [0.1, 0.15) is 11.1 Å². The Morgan fingerprint density at radius 1 is 1.05 bits per heavy atom. The molecule has 3 heterocycles. The van der Waals surface area contributed by atoms with E-state index in [1.807, 2.05) is 89.8 Å². The average molecular weight is 550 g/mol. The summed E-state index contributed by atoms with van der Waals surface area (Å²) >= 11 is 1.35. The third kappa shape index (κ3) is 4.99. The van der Waals surface area contributed by atoms with Gasteiger partial charge in [-0.15, -0.1) is 0 Å². The molecule has 2 aromatic heterocycles. The number of benzene rings is 3. The number of nitrogens with zero attached hydrogens (tertiary/aromatic N) is 3. The zero-order valence-electron chi connectivity index (χ0n) is 21.8. The van der Waals surface area contributed by atoms with Crippen molar-refractivity contribution in [2.24, 2.45) is 10.7 Å². The number of methoxy groups -OCH3 is 1. The minimum atomic E-state index is -0.427. The number of nitrogens with one attached hydrogen (secondary N) is 1. The molecule has 1 aliphatic rings. The summed E-state index contributed by atoms with van der Waals surface area (Å²) in [6.45, 7) is 0.537. The number of ether oxygens (including phenoxy) is 1. The Bertz CT molecular complexity index is 1800. The molecule has 9 heteroatoms. The van der Waals surface area contributed by atoms with E-state index in [0.717, 1.165) is 44.4 Å². The highest BCUT2D eigenvalue weighted by Gasteiger charge is 2.33. The Kier molecular flexibility index (Phi) is 6.88. The van der Waals surface area contributed by atoms with Crippen molar-refractivity contribution in [3.8, 4) is 5.75 Å². The minimum absolute atomic E-state index is 0.0612. The van der Waals surface area contributed by atoms with Crippen LogP contribution >= 0.6 is 11.8 Å². The van der Waals surface area contributed by atoms with Crippen molar-refractivity contribution in [2.75, 3.05) is 13.7 Å². The van der Waals surface area contributed by atoms with Gasteiger partial charge in [0.1, 0.15) is 12.3 Å². The number of carbonyl (C=O) groups excluding carboxylic acids is 2. The number of amidine groups is 1. The lowest BCUT2D eigenvalue weighted by Gasteiger charge is -2.15. The third-order valence-corrected chi connectivity index (χ3v) is 7.90. The zero-order chi connectivity index (χ0) is 27.6. The number of hydrogen-bond acceptors (Lipinski definition) is 5. The predicted molar refractivity (Wildman–Crippen MR) is 161 cm³/mol. The molecule has 5 aromatic rings. The largest absolute Gasteiger partial charge is 0.497 e. The number of aliphatic imine (C=N–C) groups is 1. The van der Waals surface area contributed by atoms with Gasteiger partial charge >= 0.3 is 0 Å². The molecule has 1 aliphatic heterocycles. The van der Waals surface area contributed by atoms with E-state index in [9.17, 15) is 9.59 Å². The summed E-state index contributed by atoms with van der Waals surface area (Å²) in [5.74, 6) is 0.204. The Morgan fingerprint density at radius 2 is 1.80 bits per heavy atom. The molecular formula is C31H27N5O3S. The van der Waals surface area contributed by atoms with Crippen molar-refractivity contribution in [1.29, 1.82) is 0 Å². The fraction of sp³-hybridized carbons (Fsp3) is 0.129. The first-order valence-electron chi connectivity index (χ1n) is 12.9. The van der Waals surface area contributed by atoms with Gasteiger partial charge in [-0.1, -0.05) is 36.4 Å². The number of primary amides is 1. The van der Waals surface area contributed by atoms with E-state index in [1.54, 1.807) is 12.0 Å². The number of carbonyl (C=O) groups is 2. The third-order valence-electron chi connectivity index (χ3n) is 6.90. The molecule has 2 amide bonds. The fourth-order valence-corrected chi connectivity index (χ4v) is 5.97. The lowest BCUT2D eigenvalue weighted by Crippen LogP contribution is -2.31. The topological polar surface area (TPSA) is 106 Å². The first kappa shape index (κ1) is 25.5. The fourth-order valence-electron chi connectivity index (χ4n) is 4.96. The number of amides is 2. The normalized spacial score (nSPS) is 15.6. The van der Waals surface area contributed by atoms with Gasteiger partial charge < -0.3 is 20.0 Å². The van der Waals surface area contributed by atoms with E-state index in [-0.39, 0.29) is 12.5 Å². The smallest absolute Gasteiger partial charge is 0.266 e. The van der Waals surface area contributed by atoms with Gasteiger partial charge in [-0.25, -0.2) is 4.99 Å². The van der Waals surface area contributed by atoms with E-state index < -0.39 is 5.91 Å². The van der Waals surface area contributed by atoms with E-state index in [0.29, 0.717) is 23.0 Å². The van der Waals surface area contributed by atoms with Crippen LogP contribution in [0.3, 0.4) is 0 Å². The molecule has 1 saturated heterocycles. The molecule has 0 radical (unpaired) electrons. The maximum absolute atomic E-state index is 13.8. The number of aromatic nitrogens is 2. The summed E-state index contributed by atoms with van der Waals surface area (Å²) in [4.78, 5) is 35.9. The Labute approximate surface area is 235 Å². The second kappa shape index (κ2) is 10.8. The predicted octanol–water partition coefficient (Wildman–Crippen LogP) is 5.46. The van der Waals surface area contributed by atoms with Crippen molar-refractivity contribution in [2.45, 2.75) is 13.0 Å². The van der Waals surface area contributed by atoms with Gasteiger partial charge in [0, 0.05) is 46.3 Å². The SMILES string of the molecule is COc1ccc(N=C2S/C(=C\c3cn(CC(N)=O)c4ccccc34)C(=O)N2CCc2c[nH]c3ccccc23)cc1. The molecule has 1 fully saturated rings. The van der Waals surface area contributed by atoms with Crippen LogP contribution in [0.5, 0.6) is 5.75 Å². The van der Waals surface area contributed by atoms with E-state index in [4.69, 9.17) is 15.5 Å². The van der Waals surface area contributed by atoms with Crippen LogP contribution in [0.4, 0.5) is 5.69 Å². The van der Waals surface area contributed by atoms with Crippen LogP contribution in [-0.2, 0) is 22.6 Å². The van der Waals surface area contributed by atoms with Gasteiger partial charge in [-0.2, -0.15) is 0 Å². The van der Waals surface area contributed by atoms with Crippen LogP contribution in [0.15, 0.2) is 95.1 Å². The molecule has 0 spiro atoms. The van der Waals surface area contributed by atoms with Crippen LogP contribution in [-0.4, -0.2) is 45.1 Å². The standard InChI is InChI=1S/C31H27N5O3S/c1-39-23-12-10-22(11-13-23)34-31-36(15-14-20-17-33-26-8-4-2-6-24(20)26)30(38)28(40-31)16-21-18-35(19-29(32)37)27-9-5-3-7-25(21)27/h2-13,16-18,33H,14-15,19H2,1H3,(H2,32,37)/b28-16-,34-31?.